The molecule has 0 unspecified atom stereocenters. The summed E-state index contributed by atoms with van der Waals surface area (Å²) in [6.07, 6.45) is 0. The lowest BCUT2D eigenvalue weighted by Crippen LogP contribution is -2.19. The van der Waals surface area contributed by atoms with Gasteiger partial charge >= 0.3 is 0 Å². The highest BCUT2D eigenvalue weighted by Gasteiger charge is 1.99. The third-order valence-electron chi connectivity index (χ3n) is 1.84. The second-order valence-corrected chi connectivity index (χ2v) is 3.15. The highest BCUT2D eigenvalue weighted by molar-refractivity contribution is 6.18. The van der Waals surface area contributed by atoms with Crippen molar-refractivity contribution in [2.45, 2.75) is 0 Å². The molecule has 0 radical (unpaired) electrons. The van der Waals surface area contributed by atoms with Crippen LogP contribution in [0.5, 0.6) is 0 Å². The van der Waals surface area contributed by atoms with Gasteiger partial charge in [-0.1, -0.05) is 6.07 Å². The van der Waals surface area contributed by atoms with Gasteiger partial charge in [0.15, 0.2) is 0 Å². The first-order chi connectivity index (χ1) is 6.27. The number of nitriles is 1. The van der Waals surface area contributed by atoms with E-state index in [-0.39, 0.29) is 0 Å². The van der Waals surface area contributed by atoms with E-state index in [1.807, 2.05) is 30.1 Å². The van der Waals surface area contributed by atoms with Gasteiger partial charge in [-0.05, 0) is 18.2 Å². The summed E-state index contributed by atoms with van der Waals surface area (Å²) in [5.74, 6) is 0.591. The van der Waals surface area contributed by atoms with Crippen molar-refractivity contribution in [1.29, 1.82) is 5.26 Å². The minimum Gasteiger partial charge on any atom is -0.373 e. The van der Waals surface area contributed by atoms with Gasteiger partial charge < -0.3 is 4.90 Å². The van der Waals surface area contributed by atoms with E-state index >= 15 is 0 Å². The molecule has 0 amide bonds. The molecule has 0 heterocycles. The Hall–Kier alpha value is -1.20. The van der Waals surface area contributed by atoms with Crippen molar-refractivity contribution >= 4 is 17.3 Å². The summed E-state index contributed by atoms with van der Waals surface area (Å²) in [4.78, 5) is 2.02. The molecule has 0 aromatic heterocycles. The third-order valence-corrected chi connectivity index (χ3v) is 2.00. The predicted octanol–water partition coefficient (Wildman–Crippen LogP) is 2.23. The highest BCUT2D eigenvalue weighted by Crippen LogP contribution is 2.13. The fourth-order valence-electron chi connectivity index (χ4n) is 1.07. The first-order valence-corrected chi connectivity index (χ1v) is 4.58. The largest absolute Gasteiger partial charge is 0.373 e. The number of alkyl halides is 1. The Kier molecular flexibility index (Phi) is 3.60. The van der Waals surface area contributed by atoms with Gasteiger partial charge in [0.2, 0.25) is 0 Å². The topological polar surface area (TPSA) is 27.0 Å². The SMILES string of the molecule is CN(CCCl)c1cccc(C#N)c1. The molecule has 0 atom stereocenters. The molecule has 68 valence electrons. The summed E-state index contributed by atoms with van der Waals surface area (Å²) in [6.45, 7) is 0.788. The van der Waals surface area contributed by atoms with Crippen molar-refractivity contribution in [3.05, 3.63) is 29.8 Å². The molecular formula is C10H11ClN2. The number of hydrogen-bond acceptors (Lipinski definition) is 2. The van der Waals surface area contributed by atoms with Crippen LogP contribution in [-0.2, 0) is 0 Å². The van der Waals surface area contributed by atoms with Crippen LogP contribution < -0.4 is 4.90 Å². The van der Waals surface area contributed by atoms with Gasteiger partial charge in [0.05, 0.1) is 11.6 Å². The molecule has 1 rings (SSSR count). The first-order valence-electron chi connectivity index (χ1n) is 4.05. The van der Waals surface area contributed by atoms with Crippen LogP contribution in [0.15, 0.2) is 24.3 Å². The lowest BCUT2D eigenvalue weighted by Gasteiger charge is -2.17. The lowest BCUT2D eigenvalue weighted by molar-refractivity contribution is 0.973. The van der Waals surface area contributed by atoms with Gasteiger partial charge in [0, 0.05) is 25.2 Å². The smallest absolute Gasteiger partial charge is 0.0992 e. The number of rotatable bonds is 3. The summed E-state index contributed by atoms with van der Waals surface area (Å²) in [5, 5.41) is 8.68. The van der Waals surface area contributed by atoms with E-state index < -0.39 is 0 Å². The second kappa shape index (κ2) is 4.74. The van der Waals surface area contributed by atoms with Gasteiger partial charge in [0.25, 0.3) is 0 Å². The maximum atomic E-state index is 8.68. The van der Waals surface area contributed by atoms with Gasteiger partial charge in [0.1, 0.15) is 0 Å². The lowest BCUT2D eigenvalue weighted by atomic mass is 10.2. The van der Waals surface area contributed by atoms with E-state index in [2.05, 4.69) is 6.07 Å². The van der Waals surface area contributed by atoms with Crippen LogP contribution in [0.3, 0.4) is 0 Å². The second-order valence-electron chi connectivity index (χ2n) is 2.77. The highest BCUT2D eigenvalue weighted by atomic mass is 35.5. The van der Waals surface area contributed by atoms with Crippen LogP contribution in [0.25, 0.3) is 0 Å². The molecule has 0 aliphatic carbocycles. The Morgan fingerprint density at radius 2 is 2.31 bits per heavy atom. The van der Waals surface area contributed by atoms with Gasteiger partial charge in [-0.25, -0.2) is 0 Å². The molecule has 13 heavy (non-hydrogen) atoms. The van der Waals surface area contributed by atoms with Gasteiger partial charge in [-0.3, -0.25) is 0 Å². The molecule has 1 aromatic carbocycles. The van der Waals surface area contributed by atoms with Crippen LogP contribution in [0, 0.1) is 11.3 Å². The maximum absolute atomic E-state index is 8.68. The molecule has 1 aromatic rings. The van der Waals surface area contributed by atoms with Crippen LogP contribution in [-0.4, -0.2) is 19.5 Å². The summed E-state index contributed by atoms with van der Waals surface area (Å²) in [5.41, 5.74) is 1.71. The average Bonchev–Trinajstić information content (AvgIpc) is 2.18. The fraction of sp³-hybridized carbons (Fsp3) is 0.300. The molecule has 0 N–H and O–H groups in total. The van der Waals surface area contributed by atoms with Crippen molar-refractivity contribution in [3.63, 3.8) is 0 Å². The maximum Gasteiger partial charge on any atom is 0.0992 e. The van der Waals surface area contributed by atoms with E-state index in [0.717, 1.165) is 12.2 Å². The van der Waals surface area contributed by atoms with E-state index in [0.29, 0.717) is 11.4 Å². The quantitative estimate of drug-likeness (QED) is 0.690. The van der Waals surface area contributed by atoms with Crippen LogP contribution in [0.1, 0.15) is 5.56 Å². The first kappa shape index (κ1) is 9.88. The minimum absolute atomic E-state index is 0.591. The van der Waals surface area contributed by atoms with Crippen molar-refractivity contribution in [1.82, 2.24) is 0 Å². The molecule has 2 nitrogen and oxygen atoms in total. The Balaban J connectivity index is 2.83. The molecule has 0 saturated heterocycles. The van der Waals surface area contributed by atoms with Crippen molar-refractivity contribution in [2.24, 2.45) is 0 Å². The standard InChI is InChI=1S/C10H11ClN2/c1-13(6-5-11)10-4-2-3-9(7-10)8-12/h2-4,7H,5-6H2,1H3. The normalized spacial score (nSPS) is 9.31. The summed E-state index contributed by atoms with van der Waals surface area (Å²) in [7, 11) is 1.96. The molecule has 0 aliphatic heterocycles. The summed E-state index contributed by atoms with van der Waals surface area (Å²) >= 11 is 5.61. The molecule has 0 aliphatic rings. The van der Waals surface area contributed by atoms with Crippen molar-refractivity contribution in [3.8, 4) is 6.07 Å². The average molecular weight is 195 g/mol. The predicted molar refractivity (Wildman–Crippen MR) is 55.1 cm³/mol. The van der Waals surface area contributed by atoms with Gasteiger partial charge in [-0.15, -0.1) is 11.6 Å². The zero-order chi connectivity index (χ0) is 9.68. The minimum atomic E-state index is 0.591. The van der Waals surface area contributed by atoms with Crippen molar-refractivity contribution < 1.29 is 0 Å². The monoisotopic (exact) mass is 194 g/mol. The molecule has 0 spiro atoms. The Morgan fingerprint density at radius 1 is 1.54 bits per heavy atom. The van der Waals surface area contributed by atoms with Crippen LogP contribution in [0.2, 0.25) is 0 Å². The number of halogens is 1. The summed E-state index contributed by atoms with van der Waals surface area (Å²) < 4.78 is 0. The fourth-order valence-corrected chi connectivity index (χ4v) is 1.32. The molecular weight excluding hydrogens is 184 g/mol. The molecule has 0 bridgehead atoms. The van der Waals surface area contributed by atoms with Gasteiger partial charge in [-0.2, -0.15) is 5.26 Å². The van der Waals surface area contributed by atoms with E-state index in [9.17, 15) is 0 Å². The van der Waals surface area contributed by atoms with Crippen LogP contribution in [0.4, 0.5) is 5.69 Å². The van der Waals surface area contributed by atoms with Crippen LogP contribution >= 0.6 is 11.6 Å². The number of hydrogen-bond donors (Lipinski definition) is 0. The summed E-state index contributed by atoms with van der Waals surface area (Å²) in [6, 6.07) is 9.59. The zero-order valence-electron chi connectivity index (χ0n) is 7.50. The number of anilines is 1. The molecule has 0 saturated carbocycles. The van der Waals surface area contributed by atoms with Crippen molar-refractivity contribution in [2.75, 3.05) is 24.4 Å². The Morgan fingerprint density at radius 3 is 2.92 bits per heavy atom. The number of benzene rings is 1. The Bertz CT molecular complexity index is 317. The molecule has 0 fully saturated rings. The third kappa shape index (κ3) is 2.64. The zero-order valence-corrected chi connectivity index (χ0v) is 8.25. The number of nitrogens with zero attached hydrogens (tertiary/aromatic N) is 2. The molecule has 3 heteroatoms. The Labute approximate surface area is 83.3 Å². The van der Waals surface area contributed by atoms with E-state index in [4.69, 9.17) is 16.9 Å². The van der Waals surface area contributed by atoms with E-state index in [1.165, 1.54) is 0 Å². The van der Waals surface area contributed by atoms with E-state index in [1.54, 1.807) is 6.07 Å².